The van der Waals surface area contributed by atoms with Crippen molar-refractivity contribution in [1.29, 1.82) is 0 Å². The summed E-state index contributed by atoms with van der Waals surface area (Å²) in [6.07, 6.45) is 6.18. The summed E-state index contributed by atoms with van der Waals surface area (Å²) in [6, 6.07) is 8.58. The molecule has 0 spiro atoms. The summed E-state index contributed by atoms with van der Waals surface area (Å²) in [7, 11) is -2.87. The van der Waals surface area contributed by atoms with Gasteiger partial charge < -0.3 is 5.73 Å². The maximum atomic E-state index is 11.1. The van der Waals surface area contributed by atoms with Gasteiger partial charge in [-0.15, -0.1) is 0 Å². The molecule has 1 aliphatic rings. The smallest absolute Gasteiger partial charge is 0.147 e. The van der Waals surface area contributed by atoms with Crippen LogP contribution in [0, 0.1) is 0 Å². The summed E-state index contributed by atoms with van der Waals surface area (Å²) in [6.45, 7) is 0. The second kappa shape index (κ2) is 6.06. The topological polar surface area (TPSA) is 60.2 Å². The molecule has 0 saturated carbocycles. The van der Waals surface area contributed by atoms with Gasteiger partial charge in [0.15, 0.2) is 0 Å². The lowest BCUT2D eigenvalue weighted by Crippen LogP contribution is -2.31. The number of rotatable bonds is 5. The molecule has 1 aliphatic carbocycles. The van der Waals surface area contributed by atoms with Gasteiger partial charge in [0, 0.05) is 18.1 Å². The monoisotopic (exact) mass is 281 g/mol. The number of sulfone groups is 1. The Hall–Kier alpha value is -0.870. The summed E-state index contributed by atoms with van der Waals surface area (Å²) >= 11 is 0. The van der Waals surface area contributed by atoms with Crippen LogP contribution in [0.2, 0.25) is 0 Å². The highest BCUT2D eigenvalue weighted by molar-refractivity contribution is 7.90. The molecule has 0 aliphatic heterocycles. The maximum Gasteiger partial charge on any atom is 0.147 e. The third-order valence-corrected chi connectivity index (χ3v) is 5.02. The van der Waals surface area contributed by atoms with Crippen LogP contribution in [0.3, 0.4) is 0 Å². The zero-order chi connectivity index (χ0) is 13.9. The highest BCUT2D eigenvalue weighted by atomic mass is 32.2. The molecule has 0 amide bonds. The minimum absolute atomic E-state index is 0.0724. The molecule has 0 fully saturated rings. The van der Waals surface area contributed by atoms with Crippen LogP contribution in [0.15, 0.2) is 24.3 Å². The molecule has 2 N–H and O–H groups in total. The van der Waals surface area contributed by atoms with E-state index in [1.54, 1.807) is 0 Å². The molecule has 2 rings (SSSR count). The van der Waals surface area contributed by atoms with Crippen LogP contribution in [-0.4, -0.2) is 26.5 Å². The van der Waals surface area contributed by atoms with Crippen LogP contribution in [0.4, 0.5) is 0 Å². The normalized spacial score (nSPS) is 20.8. The molecule has 19 heavy (non-hydrogen) atoms. The standard InChI is InChI=1S/C15H23NO2S/c1-19(17,18)11-5-10-15(16)14-9-4-7-12-6-2-3-8-13(12)14/h2-3,6,8,14-15H,4-5,7,9-11,16H2,1H3. The largest absolute Gasteiger partial charge is 0.327 e. The maximum absolute atomic E-state index is 11.1. The lowest BCUT2D eigenvalue weighted by Gasteiger charge is -2.30. The SMILES string of the molecule is CS(=O)(=O)CCCC(N)C1CCCc2ccccc21. The Labute approximate surface area is 116 Å². The van der Waals surface area contributed by atoms with Gasteiger partial charge in [0.25, 0.3) is 0 Å². The fraction of sp³-hybridized carbons (Fsp3) is 0.600. The molecular weight excluding hydrogens is 258 g/mol. The Morgan fingerprint density at radius 3 is 2.84 bits per heavy atom. The fourth-order valence-electron chi connectivity index (χ4n) is 3.02. The lowest BCUT2D eigenvalue weighted by molar-refractivity contribution is 0.438. The Morgan fingerprint density at radius 2 is 2.11 bits per heavy atom. The van der Waals surface area contributed by atoms with Crippen LogP contribution in [0.25, 0.3) is 0 Å². The van der Waals surface area contributed by atoms with Gasteiger partial charge >= 0.3 is 0 Å². The molecule has 106 valence electrons. The fourth-order valence-corrected chi connectivity index (χ4v) is 3.71. The molecule has 0 bridgehead atoms. The van der Waals surface area contributed by atoms with Crippen molar-refractivity contribution in [2.75, 3.05) is 12.0 Å². The zero-order valence-corrected chi connectivity index (χ0v) is 12.3. The Kier molecular flexibility index (Phi) is 4.63. The van der Waals surface area contributed by atoms with Crippen molar-refractivity contribution in [3.05, 3.63) is 35.4 Å². The minimum atomic E-state index is -2.87. The summed E-state index contributed by atoms with van der Waals surface area (Å²) < 4.78 is 22.3. The highest BCUT2D eigenvalue weighted by Crippen LogP contribution is 2.34. The first-order valence-electron chi connectivity index (χ1n) is 6.98. The molecule has 0 saturated heterocycles. The molecule has 1 aromatic carbocycles. The van der Waals surface area contributed by atoms with Crippen molar-refractivity contribution in [1.82, 2.24) is 0 Å². The summed E-state index contributed by atoms with van der Waals surface area (Å²) in [5, 5.41) is 0. The molecule has 0 heterocycles. The predicted octanol–water partition coefficient (Wildman–Crippen LogP) is 2.26. The van der Waals surface area contributed by atoms with Crippen LogP contribution < -0.4 is 5.73 Å². The van der Waals surface area contributed by atoms with E-state index in [1.165, 1.54) is 23.8 Å². The summed E-state index contributed by atoms with van der Waals surface area (Å²) in [5.41, 5.74) is 9.09. The quantitative estimate of drug-likeness (QED) is 0.900. The van der Waals surface area contributed by atoms with Gasteiger partial charge in [-0.05, 0) is 49.1 Å². The average Bonchev–Trinajstić information content (AvgIpc) is 2.36. The zero-order valence-electron chi connectivity index (χ0n) is 11.5. The van der Waals surface area contributed by atoms with E-state index in [0.29, 0.717) is 12.3 Å². The minimum Gasteiger partial charge on any atom is -0.327 e. The molecule has 2 atom stereocenters. The lowest BCUT2D eigenvalue weighted by atomic mass is 9.78. The van der Waals surface area contributed by atoms with Gasteiger partial charge in [0.1, 0.15) is 9.84 Å². The Morgan fingerprint density at radius 1 is 1.37 bits per heavy atom. The first-order valence-corrected chi connectivity index (χ1v) is 9.04. The van der Waals surface area contributed by atoms with E-state index < -0.39 is 9.84 Å². The molecule has 1 aromatic rings. The Bertz CT molecular complexity index is 525. The van der Waals surface area contributed by atoms with E-state index in [4.69, 9.17) is 5.73 Å². The number of hydrogen-bond donors (Lipinski definition) is 1. The van der Waals surface area contributed by atoms with Crippen molar-refractivity contribution in [2.24, 2.45) is 5.73 Å². The number of nitrogens with two attached hydrogens (primary N) is 1. The Balaban J connectivity index is 1.99. The van der Waals surface area contributed by atoms with Crippen LogP contribution >= 0.6 is 0 Å². The van der Waals surface area contributed by atoms with E-state index in [0.717, 1.165) is 19.3 Å². The van der Waals surface area contributed by atoms with E-state index in [1.807, 2.05) is 0 Å². The number of fused-ring (bicyclic) bond motifs is 1. The second-order valence-electron chi connectivity index (χ2n) is 5.63. The number of hydrogen-bond acceptors (Lipinski definition) is 3. The average molecular weight is 281 g/mol. The number of aryl methyl sites for hydroxylation is 1. The van der Waals surface area contributed by atoms with Crippen LogP contribution in [0.1, 0.15) is 42.7 Å². The number of benzene rings is 1. The summed E-state index contributed by atoms with van der Waals surface area (Å²) in [4.78, 5) is 0. The van der Waals surface area contributed by atoms with E-state index in [9.17, 15) is 8.42 Å². The van der Waals surface area contributed by atoms with Gasteiger partial charge in [0.2, 0.25) is 0 Å². The molecule has 4 heteroatoms. The van der Waals surface area contributed by atoms with Gasteiger partial charge in [-0.2, -0.15) is 0 Å². The van der Waals surface area contributed by atoms with Crippen molar-refractivity contribution < 1.29 is 8.42 Å². The second-order valence-corrected chi connectivity index (χ2v) is 7.89. The van der Waals surface area contributed by atoms with Crippen LogP contribution in [0.5, 0.6) is 0 Å². The van der Waals surface area contributed by atoms with E-state index in [-0.39, 0.29) is 11.8 Å². The van der Waals surface area contributed by atoms with Crippen molar-refractivity contribution in [3.63, 3.8) is 0 Å². The van der Waals surface area contributed by atoms with Crippen molar-refractivity contribution in [3.8, 4) is 0 Å². The molecule has 2 unspecified atom stereocenters. The molecule has 0 aromatic heterocycles. The highest BCUT2D eigenvalue weighted by Gasteiger charge is 2.25. The third kappa shape index (κ3) is 4.05. The van der Waals surface area contributed by atoms with Gasteiger partial charge in [-0.3, -0.25) is 0 Å². The summed E-state index contributed by atoms with van der Waals surface area (Å²) in [5.74, 6) is 0.638. The van der Waals surface area contributed by atoms with Crippen molar-refractivity contribution in [2.45, 2.75) is 44.1 Å². The van der Waals surface area contributed by atoms with Crippen molar-refractivity contribution >= 4 is 9.84 Å². The van der Waals surface area contributed by atoms with E-state index >= 15 is 0 Å². The van der Waals surface area contributed by atoms with E-state index in [2.05, 4.69) is 24.3 Å². The van der Waals surface area contributed by atoms with Crippen LogP contribution in [-0.2, 0) is 16.3 Å². The first-order chi connectivity index (χ1) is 8.97. The predicted molar refractivity (Wildman–Crippen MR) is 79.0 cm³/mol. The van der Waals surface area contributed by atoms with Gasteiger partial charge in [-0.1, -0.05) is 24.3 Å². The first kappa shape index (κ1) is 14.5. The third-order valence-electron chi connectivity index (χ3n) is 3.99. The van der Waals surface area contributed by atoms with Gasteiger partial charge in [-0.25, -0.2) is 8.42 Å². The molecule has 3 nitrogen and oxygen atoms in total. The molecular formula is C15H23NO2S. The van der Waals surface area contributed by atoms with Gasteiger partial charge in [0.05, 0.1) is 0 Å². The molecule has 0 radical (unpaired) electrons.